The van der Waals surface area contributed by atoms with Crippen LogP contribution in [0.3, 0.4) is 0 Å². The summed E-state index contributed by atoms with van der Waals surface area (Å²) in [6.07, 6.45) is 1.14. The molecule has 2 fully saturated rings. The molecule has 140 valence electrons. The van der Waals surface area contributed by atoms with Gasteiger partial charge in [-0.3, -0.25) is 4.79 Å². The van der Waals surface area contributed by atoms with E-state index in [1.807, 2.05) is 0 Å². The summed E-state index contributed by atoms with van der Waals surface area (Å²) >= 11 is 0. The summed E-state index contributed by atoms with van der Waals surface area (Å²) in [4.78, 5) is 12.5. The molecule has 1 aliphatic heterocycles. The topological polar surface area (TPSA) is 41.1 Å². The van der Waals surface area contributed by atoms with Gasteiger partial charge in [-0.2, -0.15) is 13.2 Å². The Kier molecular flexibility index (Phi) is 6.38. The molecule has 3 rings (SSSR count). The number of hydrogen-bond acceptors (Lipinski definition) is 2. The van der Waals surface area contributed by atoms with Gasteiger partial charge in [0.2, 0.25) is 5.91 Å². The van der Waals surface area contributed by atoms with Crippen LogP contribution in [0.5, 0.6) is 0 Å². The van der Waals surface area contributed by atoms with E-state index >= 15 is 0 Å². The zero-order valence-corrected chi connectivity index (χ0v) is 14.9. The normalized spacial score (nSPS) is 27.1. The van der Waals surface area contributed by atoms with Gasteiger partial charge >= 0.3 is 6.18 Å². The minimum atomic E-state index is -4.37. The Morgan fingerprint density at radius 3 is 2.68 bits per heavy atom. The van der Waals surface area contributed by atoms with E-state index in [4.69, 9.17) is 0 Å². The highest BCUT2D eigenvalue weighted by molar-refractivity contribution is 5.85. The lowest BCUT2D eigenvalue weighted by molar-refractivity contribution is -0.137. The van der Waals surface area contributed by atoms with Crippen molar-refractivity contribution in [1.82, 2.24) is 10.6 Å². The predicted octanol–water partition coefficient (Wildman–Crippen LogP) is 4.23. The molecule has 1 aromatic rings. The molecule has 0 radical (unpaired) electrons. The van der Waals surface area contributed by atoms with Gasteiger partial charge in [0.05, 0.1) is 17.6 Å². The molecule has 0 aromatic heterocycles. The van der Waals surface area contributed by atoms with E-state index in [0.29, 0.717) is 17.5 Å². The number of nitrogens with one attached hydrogen (secondary N) is 2. The van der Waals surface area contributed by atoms with E-state index in [1.165, 1.54) is 18.9 Å². The molecule has 1 aliphatic carbocycles. The average molecular weight is 377 g/mol. The lowest BCUT2D eigenvalue weighted by Crippen LogP contribution is -2.43. The standard InChI is InChI=1S/C18H23F3N2O.ClH/c1-11(12-6-4-7-14(9-12)18(19,20)21)22-17(24)16-10-13-5-2-3-8-15(13)23-16;/h4,6-7,9,11,13,15-16,23H,2-3,5,8,10H2,1H3,(H,22,24);1H. The third-order valence-electron chi connectivity index (χ3n) is 5.25. The van der Waals surface area contributed by atoms with Crippen LogP contribution in [-0.4, -0.2) is 18.0 Å². The summed E-state index contributed by atoms with van der Waals surface area (Å²) in [5.41, 5.74) is -0.223. The average Bonchev–Trinajstić information content (AvgIpc) is 2.98. The maximum atomic E-state index is 12.8. The molecule has 1 heterocycles. The summed E-state index contributed by atoms with van der Waals surface area (Å²) in [6.45, 7) is 1.72. The smallest absolute Gasteiger partial charge is 0.348 e. The van der Waals surface area contributed by atoms with E-state index in [1.54, 1.807) is 13.0 Å². The highest BCUT2D eigenvalue weighted by Crippen LogP contribution is 2.34. The molecule has 2 aliphatic rings. The van der Waals surface area contributed by atoms with E-state index in [0.717, 1.165) is 31.4 Å². The molecule has 1 amide bonds. The van der Waals surface area contributed by atoms with Gasteiger partial charge in [-0.05, 0) is 49.8 Å². The van der Waals surface area contributed by atoms with E-state index in [-0.39, 0.29) is 24.4 Å². The summed E-state index contributed by atoms with van der Waals surface area (Å²) < 4.78 is 38.4. The molecule has 1 saturated heterocycles. The first-order valence-corrected chi connectivity index (χ1v) is 8.58. The quantitative estimate of drug-likeness (QED) is 0.829. The van der Waals surface area contributed by atoms with Crippen LogP contribution in [0, 0.1) is 5.92 Å². The maximum absolute atomic E-state index is 12.8. The fourth-order valence-corrected chi connectivity index (χ4v) is 3.90. The monoisotopic (exact) mass is 376 g/mol. The first-order valence-electron chi connectivity index (χ1n) is 8.58. The Balaban J connectivity index is 0.00000225. The largest absolute Gasteiger partial charge is 0.416 e. The summed E-state index contributed by atoms with van der Waals surface area (Å²) in [5.74, 6) is 0.438. The van der Waals surface area contributed by atoms with E-state index < -0.39 is 17.8 Å². The van der Waals surface area contributed by atoms with Crippen LogP contribution >= 0.6 is 12.4 Å². The summed E-state index contributed by atoms with van der Waals surface area (Å²) in [5, 5.41) is 6.25. The second kappa shape index (κ2) is 7.96. The Labute approximate surface area is 152 Å². The van der Waals surface area contributed by atoms with Crippen molar-refractivity contribution in [3.05, 3.63) is 35.4 Å². The van der Waals surface area contributed by atoms with Crippen LogP contribution in [0.15, 0.2) is 24.3 Å². The third kappa shape index (κ3) is 4.67. The minimum absolute atomic E-state index is 0. The highest BCUT2D eigenvalue weighted by Gasteiger charge is 2.38. The zero-order valence-electron chi connectivity index (χ0n) is 14.1. The van der Waals surface area contributed by atoms with Crippen LogP contribution < -0.4 is 10.6 Å². The first-order chi connectivity index (χ1) is 11.3. The number of carbonyl (C=O) groups excluding carboxylic acids is 1. The van der Waals surface area contributed by atoms with Crippen molar-refractivity contribution in [3.8, 4) is 0 Å². The molecule has 4 unspecified atom stereocenters. The van der Waals surface area contributed by atoms with Gasteiger partial charge in [0, 0.05) is 6.04 Å². The van der Waals surface area contributed by atoms with Gasteiger partial charge in [0.15, 0.2) is 0 Å². The third-order valence-corrected chi connectivity index (χ3v) is 5.25. The SMILES string of the molecule is CC(NC(=O)C1CC2CCCCC2N1)c1cccc(C(F)(F)F)c1.Cl. The molecule has 0 bridgehead atoms. The summed E-state index contributed by atoms with van der Waals surface area (Å²) in [7, 11) is 0. The van der Waals surface area contributed by atoms with Crippen molar-refractivity contribution in [1.29, 1.82) is 0 Å². The van der Waals surface area contributed by atoms with Crippen molar-refractivity contribution >= 4 is 18.3 Å². The van der Waals surface area contributed by atoms with Crippen LogP contribution in [-0.2, 0) is 11.0 Å². The van der Waals surface area contributed by atoms with Crippen molar-refractivity contribution < 1.29 is 18.0 Å². The van der Waals surface area contributed by atoms with Crippen LogP contribution in [0.4, 0.5) is 13.2 Å². The predicted molar refractivity (Wildman–Crippen MR) is 92.5 cm³/mol. The minimum Gasteiger partial charge on any atom is -0.348 e. The molecule has 0 spiro atoms. The molecule has 1 aromatic carbocycles. The van der Waals surface area contributed by atoms with Crippen LogP contribution in [0.25, 0.3) is 0 Å². The van der Waals surface area contributed by atoms with Crippen molar-refractivity contribution in [2.75, 3.05) is 0 Å². The van der Waals surface area contributed by atoms with Gasteiger partial charge in [-0.15, -0.1) is 12.4 Å². The highest BCUT2D eigenvalue weighted by atomic mass is 35.5. The van der Waals surface area contributed by atoms with Crippen molar-refractivity contribution in [2.45, 2.75) is 63.3 Å². The molecule has 2 N–H and O–H groups in total. The number of rotatable bonds is 3. The van der Waals surface area contributed by atoms with Crippen LogP contribution in [0.2, 0.25) is 0 Å². The number of benzene rings is 1. The second-order valence-corrected chi connectivity index (χ2v) is 6.96. The van der Waals surface area contributed by atoms with Gasteiger partial charge in [-0.25, -0.2) is 0 Å². The summed E-state index contributed by atoms with van der Waals surface area (Å²) in [6, 6.07) is 4.87. The Bertz CT molecular complexity index is 594. The molecular weight excluding hydrogens is 353 g/mol. The number of amides is 1. The molecule has 25 heavy (non-hydrogen) atoms. The Hall–Kier alpha value is -1.27. The van der Waals surface area contributed by atoms with Gasteiger partial charge < -0.3 is 10.6 Å². The first kappa shape index (κ1) is 20.0. The number of carbonyl (C=O) groups is 1. The maximum Gasteiger partial charge on any atom is 0.416 e. The van der Waals surface area contributed by atoms with E-state index in [2.05, 4.69) is 10.6 Å². The number of halogens is 4. The Morgan fingerprint density at radius 2 is 2.00 bits per heavy atom. The lowest BCUT2D eigenvalue weighted by atomic mass is 9.85. The number of fused-ring (bicyclic) bond motifs is 1. The van der Waals surface area contributed by atoms with Gasteiger partial charge in [0.1, 0.15) is 0 Å². The molecule has 1 saturated carbocycles. The van der Waals surface area contributed by atoms with Gasteiger partial charge in [0.25, 0.3) is 0 Å². The molecule has 7 heteroatoms. The Morgan fingerprint density at radius 1 is 1.28 bits per heavy atom. The van der Waals surface area contributed by atoms with Crippen molar-refractivity contribution in [3.63, 3.8) is 0 Å². The zero-order chi connectivity index (χ0) is 17.3. The fraction of sp³-hybridized carbons (Fsp3) is 0.611. The lowest BCUT2D eigenvalue weighted by Gasteiger charge is -2.24. The fourth-order valence-electron chi connectivity index (χ4n) is 3.90. The van der Waals surface area contributed by atoms with Crippen molar-refractivity contribution in [2.24, 2.45) is 5.92 Å². The number of hydrogen-bond donors (Lipinski definition) is 2. The molecular formula is C18H24ClF3N2O. The van der Waals surface area contributed by atoms with Crippen LogP contribution in [0.1, 0.15) is 56.2 Å². The van der Waals surface area contributed by atoms with Gasteiger partial charge in [-0.1, -0.05) is 25.0 Å². The molecule has 3 nitrogen and oxygen atoms in total. The number of alkyl halides is 3. The van der Waals surface area contributed by atoms with E-state index in [9.17, 15) is 18.0 Å². The molecule has 4 atom stereocenters. The second-order valence-electron chi connectivity index (χ2n) is 6.96.